The van der Waals surface area contributed by atoms with Crippen molar-refractivity contribution in [3.05, 3.63) is 95.1 Å². The highest BCUT2D eigenvalue weighted by Gasteiger charge is 2.33. The maximum atomic E-state index is 13.0. The quantitative estimate of drug-likeness (QED) is 0.0926. The van der Waals surface area contributed by atoms with Crippen molar-refractivity contribution in [3.8, 4) is 23.3 Å². The first-order valence-corrected chi connectivity index (χ1v) is 10.8. The molecule has 3 rings (SSSR count). The van der Waals surface area contributed by atoms with Gasteiger partial charge in [0.15, 0.2) is 11.5 Å². The van der Waals surface area contributed by atoms with Crippen molar-refractivity contribution < 1.29 is 32.5 Å². The molecule has 0 aromatic heterocycles. The third-order valence-electron chi connectivity index (χ3n) is 4.77. The van der Waals surface area contributed by atoms with E-state index in [0.29, 0.717) is 26.8 Å². The number of halogens is 4. The van der Waals surface area contributed by atoms with Crippen LogP contribution in [-0.2, 0) is 6.18 Å². The average molecular weight is 611 g/mol. The third kappa shape index (κ3) is 5.89. The maximum absolute atomic E-state index is 13.0. The van der Waals surface area contributed by atoms with Gasteiger partial charge in [0.25, 0.3) is 5.69 Å². The molecule has 0 spiro atoms. The molecule has 0 unspecified atom stereocenters. The van der Waals surface area contributed by atoms with E-state index < -0.39 is 33.0 Å². The van der Waals surface area contributed by atoms with Crippen molar-refractivity contribution in [2.24, 2.45) is 0 Å². The summed E-state index contributed by atoms with van der Waals surface area (Å²) in [7, 11) is 1.30. The Morgan fingerprint density at radius 1 is 1.03 bits per heavy atom. The highest BCUT2D eigenvalue weighted by molar-refractivity contribution is 14.1. The minimum absolute atomic E-state index is 0.0203. The van der Waals surface area contributed by atoms with Gasteiger partial charge in [-0.1, -0.05) is 0 Å². The molecule has 0 saturated heterocycles. The number of nitro groups is 2. The van der Waals surface area contributed by atoms with Crippen molar-refractivity contribution in [2.75, 3.05) is 7.11 Å². The average Bonchev–Trinajstić information content (AvgIpc) is 2.83. The van der Waals surface area contributed by atoms with Gasteiger partial charge in [-0.3, -0.25) is 20.2 Å². The molecule has 0 bridgehead atoms. The summed E-state index contributed by atoms with van der Waals surface area (Å²) in [5, 5.41) is 31.8. The zero-order chi connectivity index (χ0) is 26.6. The highest BCUT2D eigenvalue weighted by Crippen LogP contribution is 2.42. The highest BCUT2D eigenvalue weighted by atomic mass is 127. The summed E-state index contributed by atoms with van der Waals surface area (Å²) in [6, 6.07) is 12.3. The van der Waals surface area contributed by atoms with Crippen LogP contribution in [0.3, 0.4) is 0 Å². The number of benzene rings is 3. The Kier molecular flexibility index (Phi) is 7.78. The van der Waals surface area contributed by atoms with Gasteiger partial charge in [0.05, 0.1) is 37.7 Å². The molecule has 36 heavy (non-hydrogen) atoms. The second kappa shape index (κ2) is 10.6. The minimum atomic E-state index is -4.77. The first kappa shape index (κ1) is 26.4. The van der Waals surface area contributed by atoms with Crippen LogP contribution in [0.15, 0.2) is 54.6 Å². The molecule has 13 heteroatoms. The summed E-state index contributed by atoms with van der Waals surface area (Å²) in [6.45, 7) is 0. The first-order chi connectivity index (χ1) is 16.9. The Balaban J connectivity index is 2.01. The Bertz CT molecular complexity index is 1420. The lowest BCUT2D eigenvalue weighted by molar-refractivity contribution is -0.385. The Morgan fingerprint density at radius 3 is 2.22 bits per heavy atom. The minimum Gasteiger partial charge on any atom is -0.493 e. The van der Waals surface area contributed by atoms with E-state index in [9.17, 15) is 38.7 Å². The summed E-state index contributed by atoms with van der Waals surface area (Å²) >= 11 is 1.85. The maximum Gasteiger partial charge on any atom is 0.416 e. The molecule has 9 nitrogen and oxygen atoms in total. The number of nitriles is 1. The number of nitro benzene ring substituents is 2. The van der Waals surface area contributed by atoms with Crippen molar-refractivity contribution in [2.45, 2.75) is 6.18 Å². The lowest BCUT2D eigenvalue weighted by atomic mass is 10.0. The molecule has 0 heterocycles. The fraction of sp³-hybridized carbons (Fsp3) is 0.0870. The molecular formula is C23H13F3IN3O6. The Labute approximate surface area is 214 Å². The fourth-order valence-electron chi connectivity index (χ4n) is 3.06. The lowest BCUT2D eigenvalue weighted by Gasteiger charge is -2.14. The fourth-order valence-corrected chi connectivity index (χ4v) is 3.80. The number of hydrogen-bond donors (Lipinski definition) is 0. The van der Waals surface area contributed by atoms with Crippen molar-refractivity contribution in [1.82, 2.24) is 0 Å². The molecule has 0 aliphatic heterocycles. The number of methoxy groups -OCH3 is 1. The van der Waals surface area contributed by atoms with Crippen LogP contribution in [0.5, 0.6) is 17.2 Å². The zero-order valence-electron chi connectivity index (χ0n) is 18.1. The van der Waals surface area contributed by atoms with Crippen molar-refractivity contribution >= 4 is 45.6 Å². The summed E-state index contributed by atoms with van der Waals surface area (Å²) < 4.78 is 50.3. The smallest absolute Gasteiger partial charge is 0.416 e. The summed E-state index contributed by atoms with van der Waals surface area (Å²) in [6.07, 6.45) is -3.28. The van der Waals surface area contributed by atoms with Crippen molar-refractivity contribution in [3.63, 3.8) is 0 Å². The number of rotatable bonds is 7. The van der Waals surface area contributed by atoms with Gasteiger partial charge in [0.1, 0.15) is 0 Å². The molecule has 3 aromatic rings. The molecule has 0 aliphatic carbocycles. The van der Waals surface area contributed by atoms with Crippen LogP contribution in [0.1, 0.15) is 16.7 Å². The van der Waals surface area contributed by atoms with Gasteiger partial charge < -0.3 is 9.47 Å². The van der Waals surface area contributed by atoms with Crippen LogP contribution in [0.4, 0.5) is 24.5 Å². The molecular weight excluding hydrogens is 598 g/mol. The first-order valence-electron chi connectivity index (χ1n) is 9.72. The Hall–Kier alpha value is -4.19. The summed E-state index contributed by atoms with van der Waals surface area (Å²) in [4.78, 5) is 20.7. The van der Waals surface area contributed by atoms with Gasteiger partial charge in [-0.25, -0.2) is 0 Å². The van der Waals surface area contributed by atoms with E-state index in [1.54, 1.807) is 6.07 Å². The molecule has 0 atom stereocenters. The number of allylic oxidation sites excluding steroid dienone is 1. The molecule has 0 aliphatic rings. The molecule has 0 saturated carbocycles. The van der Waals surface area contributed by atoms with E-state index in [2.05, 4.69) is 0 Å². The lowest BCUT2D eigenvalue weighted by Crippen LogP contribution is -2.06. The van der Waals surface area contributed by atoms with E-state index in [-0.39, 0.29) is 22.8 Å². The van der Waals surface area contributed by atoms with Gasteiger partial charge in [-0.05, 0) is 76.2 Å². The molecule has 0 amide bonds. The van der Waals surface area contributed by atoms with E-state index >= 15 is 0 Å². The number of non-ortho nitro benzene ring substituents is 1. The van der Waals surface area contributed by atoms with E-state index in [0.717, 1.165) is 6.07 Å². The summed E-state index contributed by atoms with van der Waals surface area (Å²) in [5.74, 6) is -0.300. The number of nitrogens with zero attached hydrogens (tertiary/aromatic N) is 3. The predicted octanol–water partition coefficient (Wildman–Crippen LogP) is 6.99. The van der Waals surface area contributed by atoms with Crippen LogP contribution in [0, 0.1) is 35.1 Å². The van der Waals surface area contributed by atoms with Gasteiger partial charge in [0, 0.05) is 18.2 Å². The topological polar surface area (TPSA) is 129 Å². The van der Waals surface area contributed by atoms with Gasteiger partial charge in [0.2, 0.25) is 5.75 Å². The molecule has 0 fully saturated rings. The van der Waals surface area contributed by atoms with E-state index in [1.165, 1.54) is 43.5 Å². The summed E-state index contributed by atoms with van der Waals surface area (Å²) in [5.41, 5.74) is -1.12. The van der Waals surface area contributed by atoms with Gasteiger partial charge >= 0.3 is 11.9 Å². The number of ether oxygens (including phenoxy) is 2. The monoisotopic (exact) mass is 611 g/mol. The molecule has 3 aromatic carbocycles. The molecule has 0 radical (unpaired) electrons. The number of hydrogen-bond acceptors (Lipinski definition) is 7. The largest absolute Gasteiger partial charge is 0.493 e. The van der Waals surface area contributed by atoms with Gasteiger partial charge in [-0.15, -0.1) is 0 Å². The predicted molar refractivity (Wildman–Crippen MR) is 130 cm³/mol. The van der Waals surface area contributed by atoms with Crippen LogP contribution < -0.4 is 9.47 Å². The van der Waals surface area contributed by atoms with Gasteiger partial charge in [-0.2, -0.15) is 18.4 Å². The second-order valence-electron chi connectivity index (χ2n) is 7.05. The van der Waals surface area contributed by atoms with Crippen LogP contribution in [0.2, 0.25) is 0 Å². The van der Waals surface area contributed by atoms with Crippen LogP contribution in [0.25, 0.3) is 11.6 Å². The van der Waals surface area contributed by atoms with E-state index in [1.807, 2.05) is 28.7 Å². The molecule has 184 valence electrons. The second-order valence-corrected chi connectivity index (χ2v) is 8.21. The molecule has 0 N–H and O–H groups in total. The SMILES string of the molecule is COc1cc(/C=C(\C#N)c2ccc([N+](=O)[O-])cc2)cc(I)c1Oc1ccc(C(F)(F)F)cc1[N+](=O)[O-]. The van der Waals surface area contributed by atoms with Crippen LogP contribution in [-0.4, -0.2) is 17.0 Å². The number of alkyl halides is 3. The third-order valence-corrected chi connectivity index (χ3v) is 5.57. The Morgan fingerprint density at radius 2 is 1.69 bits per heavy atom. The van der Waals surface area contributed by atoms with E-state index in [4.69, 9.17) is 9.47 Å². The zero-order valence-corrected chi connectivity index (χ0v) is 20.2. The standard InChI is InChI=1S/C23H13F3IN3O6/c1-35-21-10-13(8-15(12-28)14-2-5-17(6-3-14)29(31)32)9-18(27)22(21)36-20-7-4-16(23(24,25)26)11-19(20)30(33)34/h2-11H,1H3/b15-8+. The normalized spacial score (nSPS) is 11.5. The van der Waals surface area contributed by atoms with Crippen LogP contribution >= 0.6 is 22.6 Å². The van der Waals surface area contributed by atoms with Crippen molar-refractivity contribution in [1.29, 1.82) is 5.26 Å².